The van der Waals surface area contributed by atoms with Crippen LogP contribution in [0.1, 0.15) is 22.3 Å². The van der Waals surface area contributed by atoms with Crippen molar-refractivity contribution < 1.29 is 0 Å². The van der Waals surface area contributed by atoms with Gasteiger partial charge in [0.2, 0.25) is 0 Å². The van der Waals surface area contributed by atoms with E-state index in [1.54, 1.807) is 0 Å². The van der Waals surface area contributed by atoms with Crippen LogP contribution < -0.4 is 4.90 Å². The molecule has 11 aromatic carbocycles. The van der Waals surface area contributed by atoms with Crippen molar-refractivity contribution in [1.29, 1.82) is 0 Å². The number of pyridine rings is 1. The molecule has 0 radical (unpaired) electrons. The third-order valence-electron chi connectivity index (χ3n) is 14.3. The minimum absolute atomic E-state index is 0.523. The van der Waals surface area contributed by atoms with E-state index in [2.05, 4.69) is 284 Å². The molecule has 2 nitrogen and oxygen atoms in total. The highest BCUT2D eigenvalue weighted by Crippen LogP contribution is 2.57. The van der Waals surface area contributed by atoms with Crippen LogP contribution in [0.4, 0.5) is 17.1 Å². The molecule has 13 rings (SSSR count). The van der Waals surface area contributed by atoms with E-state index in [1.807, 2.05) is 0 Å². The largest absolute Gasteiger partial charge is 0.310 e. The molecular weight excluding hydrogens is 845 g/mol. The van der Waals surface area contributed by atoms with Crippen molar-refractivity contribution in [3.8, 4) is 55.8 Å². The van der Waals surface area contributed by atoms with Crippen LogP contribution in [-0.2, 0) is 5.41 Å². The number of aromatic nitrogens is 1. The molecule has 328 valence electrons. The molecule has 0 unspecified atom stereocenters. The third-order valence-corrected chi connectivity index (χ3v) is 14.3. The highest BCUT2D eigenvalue weighted by Gasteiger charge is 2.46. The minimum atomic E-state index is -0.523. The van der Waals surface area contributed by atoms with E-state index in [0.29, 0.717) is 0 Å². The highest BCUT2D eigenvalue weighted by molar-refractivity contribution is 5.94. The third kappa shape index (κ3) is 7.00. The van der Waals surface area contributed by atoms with Crippen molar-refractivity contribution >= 4 is 38.7 Å². The Morgan fingerprint density at radius 1 is 0.271 bits per heavy atom. The van der Waals surface area contributed by atoms with E-state index in [-0.39, 0.29) is 0 Å². The average molecular weight is 891 g/mol. The monoisotopic (exact) mass is 890 g/mol. The van der Waals surface area contributed by atoms with E-state index in [9.17, 15) is 0 Å². The lowest BCUT2D eigenvalue weighted by Crippen LogP contribution is -2.28. The summed E-state index contributed by atoms with van der Waals surface area (Å²) in [7, 11) is 0. The fourth-order valence-corrected chi connectivity index (χ4v) is 11.0. The Morgan fingerprint density at radius 3 is 1.46 bits per heavy atom. The van der Waals surface area contributed by atoms with Crippen LogP contribution in [0, 0.1) is 0 Å². The summed E-state index contributed by atoms with van der Waals surface area (Å²) in [6.07, 6.45) is 0. The first-order chi connectivity index (χ1) is 34.7. The van der Waals surface area contributed by atoms with Gasteiger partial charge in [0, 0.05) is 33.6 Å². The molecule has 0 bridgehead atoms. The predicted molar refractivity (Wildman–Crippen MR) is 293 cm³/mol. The Bertz CT molecular complexity index is 3800. The van der Waals surface area contributed by atoms with Gasteiger partial charge in [0.15, 0.2) is 0 Å². The maximum absolute atomic E-state index is 5.35. The number of nitrogens with zero attached hydrogens (tertiary/aromatic N) is 2. The minimum Gasteiger partial charge on any atom is -0.310 e. The summed E-state index contributed by atoms with van der Waals surface area (Å²) >= 11 is 0. The Labute approximate surface area is 409 Å². The van der Waals surface area contributed by atoms with Gasteiger partial charge in [-0.15, -0.1) is 0 Å². The van der Waals surface area contributed by atoms with E-state index < -0.39 is 5.41 Å². The zero-order valence-corrected chi connectivity index (χ0v) is 38.5. The summed E-state index contributed by atoms with van der Waals surface area (Å²) < 4.78 is 0. The number of fused-ring (bicyclic) bond motifs is 5. The Hall–Kier alpha value is -9.11. The van der Waals surface area contributed by atoms with Gasteiger partial charge in [-0.05, 0) is 127 Å². The lowest BCUT2D eigenvalue weighted by Gasteiger charge is -2.35. The van der Waals surface area contributed by atoms with Gasteiger partial charge >= 0.3 is 0 Å². The first kappa shape index (κ1) is 41.1. The van der Waals surface area contributed by atoms with Crippen molar-refractivity contribution in [1.82, 2.24) is 4.98 Å². The maximum atomic E-state index is 5.35. The molecule has 0 aliphatic heterocycles. The van der Waals surface area contributed by atoms with Crippen LogP contribution in [0.15, 0.2) is 279 Å². The van der Waals surface area contributed by atoms with Crippen LogP contribution >= 0.6 is 0 Å². The SMILES string of the molecule is c1ccc(-c2ccc(N(c3ccc(-c4cc5ccccc5nc4-c4ccc(-c5ccc6ccccc6c5)cc4)cc3)c3ccc4c(c3)C(c3ccccc3)(c3ccccc3)c3ccccc3-4)cc2)cc1. The van der Waals surface area contributed by atoms with Crippen LogP contribution in [-0.4, -0.2) is 4.98 Å². The van der Waals surface area contributed by atoms with Crippen LogP contribution in [0.2, 0.25) is 0 Å². The molecule has 0 fully saturated rings. The second-order valence-electron chi connectivity index (χ2n) is 18.3. The normalized spacial score (nSPS) is 12.4. The van der Waals surface area contributed by atoms with Gasteiger partial charge in [0.05, 0.1) is 16.6 Å². The summed E-state index contributed by atoms with van der Waals surface area (Å²) in [4.78, 5) is 7.76. The van der Waals surface area contributed by atoms with Gasteiger partial charge in [-0.3, -0.25) is 0 Å². The van der Waals surface area contributed by atoms with Crippen molar-refractivity contribution in [2.24, 2.45) is 0 Å². The van der Waals surface area contributed by atoms with Crippen molar-refractivity contribution in [2.45, 2.75) is 5.41 Å². The van der Waals surface area contributed by atoms with Gasteiger partial charge in [0.25, 0.3) is 0 Å². The number of anilines is 3. The number of para-hydroxylation sites is 1. The van der Waals surface area contributed by atoms with E-state index >= 15 is 0 Å². The van der Waals surface area contributed by atoms with Crippen molar-refractivity contribution in [3.63, 3.8) is 0 Å². The molecule has 0 amide bonds. The topological polar surface area (TPSA) is 16.1 Å². The summed E-state index contributed by atoms with van der Waals surface area (Å²) in [5.41, 5.74) is 20.2. The molecule has 1 aliphatic rings. The van der Waals surface area contributed by atoms with Crippen molar-refractivity contribution in [3.05, 3.63) is 301 Å². The lowest BCUT2D eigenvalue weighted by atomic mass is 9.67. The molecule has 0 N–H and O–H groups in total. The molecule has 0 spiro atoms. The van der Waals surface area contributed by atoms with Crippen LogP contribution in [0.25, 0.3) is 77.4 Å². The zero-order valence-electron chi connectivity index (χ0n) is 38.5. The number of hydrogen-bond acceptors (Lipinski definition) is 2. The van der Waals surface area contributed by atoms with Gasteiger partial charge in [-0.2, -0.15) is 0 Å². The molecule has 1 aliphatic carbocycles. The zero-order chi connectivity index (χ0) is 46.4. The Balaban J connectivity index is 0.947. The lowest BCUT2D eigenvalue weighted by molar-refractivity contribution is 0.768. The molecule has 12 aromatic rings. The summed E-state index contributed by atoms with van der Waals surface area (Å²) in [6, 6.07) is 102. The fraction of sp³-hybridized carbons (Fsp3) is 0.0147. The van der Waals surface area contributed by atoms with Gasteiger partial charge in [-0.25, -0.2) is 4.98 Å². The molecule has 0 saturated carbocycles. The fourth-order valence-electron chi connectivity index (χ4n) is 11.0. The summed E-state index contributed by atoms with van der Waals surface area (Å²) in [5.74, 6) is 0. The first-order valence-electron chi connectivity index (χ1n) is 24.1. The standard InChI is InChI=1S/C68H46N2/c1-4-16-47(17-5-1)49-34-38-58(39-35-49)70(60-42-43-62-61-25-13-14-26-64(61)68(65(62)46-60,56-21-6-2-7-22-56)57-23-8-3-9-24-57)59-40-36-51(37-41-59)63-45-55-20-12-15-27-66(55)69-67(63)52-31-28-50(29-32-52)54-33-30-48-18-10-11-19-53(48)44-54/h1-46H. The van der Waals surface area contributed by atoms with E-state index in [4.69, 9.17) is 4.98 Å². The summed E-state index contributed by atoms with van der Waals surface area (Å²) in [6.45, 7) is 0. The highest BCUT2D eigenvalue weighted by atomic mass is 15.1. The second kappa shape index (κ2) is 17.2. The van der Waals surface area contributed by atoms with Crippen molar-refractivity contribution in [2.75, 3.05) is 4.90 Å². The quantitative estimate of drug-likeness (QED) is 0.144. The van der Waals surface area contributed by atoms with Crippen LogP contribution in [0.5, 0.6) is 0 Å². The number of rotatable bonds is 9. The molecule has 70 heavy (non-hydrogen) atoms. The molecule has 0 saturated heterocycles. The first-order valence-corrected chi connectivity index (χ1v) is 24.1. The van der Waals surface area contributed by atoms with Gasteiger partial charge in [-0.1, -0.05) is 224 Å². The van der Waals surface area contributed by atoms with Gasteiger partial charge in [0.1, 0.15) is 0 Å². The van der Waals surface area contributed by atoms with E-state index in [0.717, 1.165) is 50.3 Å². The molecule has 1 heterocycles. The molecule has 1 aromatic heterocycles. The summed E-state index contributed by atoms with van der Waals surface area (Å²) in [5, 5.41) is 3.59. The molecule has 0 atom stereocenters. The molecule has 2 heteroatoms. The van der Waals surface area contributed by atoms with Gasteiger partial charge < -0.3 is 4.90 Å². The molecular formula is C68H46N2. The second-order valence-corrected chi connectivity index (χ2v) is 18.3. The number of hydrogen-bond donors (Lipinski definition) is 0. The predicted octanol–water partition coefficient (Wildman–Crippen LogP) is 17.9. The smallest absolute Gasteiger partial charge is 0.0788 e. The van der Waals surface area contributed by atoms with E-state index in [1.165, 1.54) is 66.4 Å². The Morgan fingerprint density at radius 2 is 0.757 bits per heavy atom. The van der Waals surface area contributed by atoms with Crippen LogP contribution in [0.3, 0.4) is 0 Å². The Kier molecular flexibility index (Phi) is 10.1. The average Bonchev–Trinajstić information content (AvgIpc) is 3.74. The number of benzene rings is 11. The maximum Gasteiger partial charge on any atom is 0.0788 e.